The molecule has 43 nitrogen and oxygen atoms in total. The van der Waals surface area contributed by atoms with Crippen LogP contribution in [-0.2, 0) is 85.6 Å². The van der Waals surface area contributed by atoms with Gasteiger partial charge in [0.2, 0.25) is 23.6 Å². The van der Waals surface area contributed by atoms with Gasteiger partial charge in [-0.05, 0) is 19.3 Å². The average Bonchev–Trinajstić information content (AvgIpc) is 0.750. The average molecular weight is 1910 g/mol. The second-order valence-electron chi connectivity index (χ2n) is 36.0. The van der Waals surface area contributed by atoms with Gasteiger partial charge in [-0.15, -0.1) is 0 Å². The molecule has 132 heavy (non-hydrogen) atoms. The molecule has 0 spiro atoms. The highest BCUT2D eigenvalue weighted by atomic mass is 16.8. The van der Waals surface area contributed by atoms with E-state index >= 15 is 0 Å². The summed E-state index contributed by atoms with van der Waals surface area (Å²) in [5, 5.41) is 248. The van der Waals surface area contributed by atoms with Crippen LogP contribution in [0.1, 0.15) is 259 Å². The SMILES string of the molecule is CCCCCCCCCCCCC/C=C/[C@@H](O)[C@H](CO[C@@H]1O[C@H](CO)[C@@H](O[C@@H]2O[C@H](CO)[C@H](O[C@@H]3O[C@H](CO)[C@H](O)[C@H](O[C@@H]4O[C@H](CO)[C@H](O)[C@H](O[C@]5(C(=O)O)C[C@H](O)[C@@H](NC(C)=O)[C@H]([C@H](O)[C@H](O)CO)O5)[C@H]4O)[C@H]3NC(C)=O)[C@H](O[C@]3(C(=O)O)C[C@H](O)[C@@H](NC(C)=O)[C@H]([C@H](O)[C@H](O)CO)O3)[C@H]2O)[C@H](O)[C@H]1O)NC(=O)CCCCCCCCCCCCCCCCCCCCCC. The molecule has 6 heterocycles. The Labute approximate surface area is 771 Å². The molecular weight excluding hydrogens is 1750 g/mol. The van der Waals surface area contributed by atoms with E-state index in [1.807, 2.05) is 0 Å². The van der Waals surface area contributed by atoms with Crippen molar-refractivity contribution in [3.8, 4) is 0 Å². The second kappa shape index (κ2) is 60.3. The molecule has 25 N–H and O–H groups in total. The van der Waals surface area contributed by atoms with Gasteiger partial charge in [0, 0.05) is 40.0 Å². The number of nitrogens with one attached hydrogen (secondary N) is 4. The Morgan fingerprint density at radius 2 is 0.742 bits per heavy atom. The van der Waals surface area contributed by atoms with Gasteiger partial charge in [0.25, 0.3) is 11.6 Å². The first kappa shape index (κ1) is 116. The van der Waals surface area contributed by atoms with Crippen molar-refractivity contribution in [2.75, 3.05) is 46.2 Å². The van der Waals surface area contributed by atoms with E-state index in [-0.39, 0.29) is 6.42 Å². The number of ether oxygens (including phenoxy) is 12. The fraction of sp³-hybridized carbons (Fsp3) is 0.910. The van der Waals surface area contributed by atoms with Crippen molar-refractivity contribution in [3.63, 3.8) is 0 Å². The molecule has 0 aromatic rings. The number of carbonyl (C=O) groups is 6. The number of amides is 4. The maximum absolute atomic E-state index is 14.1. The van der Waals surface area contributed by atoms with Crippen LogP contribution in [0.5, 0.6) is 0 Å². The number of aliphatic carboxylic acids is 2. The van der Waals surface area contributed by atoms with Gasteiger partial charge in [-0.25, -0.2) is 9.59 Å². The standard InChI is InChI=1S/C89H158N4O39/c1-6-8-10-12-14-16-18-20-21-22-23-24-25-26-28-30-32-34-36-38-40-63(108)93-53(54(103)39-37-35-33-31-29-27-19-17-15-13-11-9-7-2)49-121-83-72(114)71(113)75(61(47-98)124-83)126-85-74(116)81(132-89(87(119)120)42-56(105)65(91-51(4)101)79(130-89)68(110)58(107)44-95)76(62(48-99)125-85)127-82-66(92-52(5)102)77(69(111)59(45-96)122-82)128-84-73(115)80(70(112)60(46-97)123-84)131-88(86(117)118)41-55(104)64(90-50(3)100)78(129-88)67(109)57(106)43-94/h37,39,53-62,64-85,94-99,103-107,109-116H,6-36,38,40-49H2,1-5H3,(H,90,100)(H,91,101)(H,92,102)(H,93,108)(H,117,118)(H,119,120)/b39-37+/t53-,54+,55-,56-,57+,58+,59+,60+,61+,62+,64+,65+,66+,67+,68+,69-,70-,71+,72+,73+,74+,75+,76-,77+,78+,79+,80-,81+,82-,83+,84-,85-,88-,89-/m0/s1. The van der Waals surface area contributed by atoms with Gasteiger partial charge in [-0.3, -0.25) is 19.2 Å². The van der Waals surface area contributed by atoms with Crippen molar-refractivity contribution in [1.82, 2.24) is 21.3 Å². The molecule has 0 aliphatic carbocycles. The first-order chi connectivity index (χ1) is 63.1. The molecule has 0 aromatic heterocycles. The van der Waals surface area contributed by atoms with Crippen molar-refractivity contribution in [1.29, 1.82) is 0 Å². The molecule has 6 saturated heterocycles. The van der Waals surface area contributed by atoms with Crippen LogP contribution >= 0.6 is 0 Å². The van der Waals surface area contributed by atoms with E-state index in [0.717, 1.165) is 85.0 Å². The molecule has 6 aliphatic rings. The third kappa shape index (κ3) is 35.0. The van der Waals surface area contributed by atoms with Gasteiger partial charge >= 0.3 is 11.9 Å². The summed E-state index contributed by atoms with van der Waals surface area (Å²) in [5.74, 6) is -14.5. The quantitative estimate of drug-likeness (QED) is 0.0233. The van der Waals surface area contributed by atoms with Gasteiger partial charge in [-0.1, -0.05) is 212 Å². The Morgan fingerprint density at radius 3 is 1.15 bits per heavy atom. The second-order valence-corrected chi connectivity index (χ2v) is 36.0. The van der Waals surface area contributed by atoms with E-state index in [1.165, 1.54) is 134 Å². The van der Waals surface area contributed by atoms with Crippen LogP contribution in [0.4, 0.5) is 0 Å². The minimum Gasteiger partial charge on any atom is -0.477 e. The van der Waals surface area contributed by atoms with Crippen LogP contribution in [0, 0.1) is 0 Å². The lowest BCUT2D eigenvalue weighted by molar-refractivity contribution is -0.405. The van der Waals surface area contributed by atoms with E-state index in [2.05, 4.69) is 35.1 Å². The predicted molar refractivity (Wildman–Crippen MR) is 463 cm³/mol. The summed E-state index contributed by atoms with van der Waals surface area (Å²) < 4.78 is 72.5. The zero-order valence-corrected chi connectivity index (χ0v) is 77.1. The van der Waals surface area contributed by atoms with E-state index in [9.17, 15) is 136 Å². The Hall–Kier alpha value is -4.68. The lowest BCUT2D eigenvalue weighted by Crippen LogP contribution is -2.72. The number of hydrogen-bond acceptors (Lipinski definition) is 37. The third-order valence-electron chi connectivity index (χ3n) is 25.3. The van der Waals surface area contributed by atoms with Gasteiger partial charge in [0.05, 0.1) is 82.7 Å². The highest BCUT2D eigenvalue weighted by Gasteiger charge is 2.64. The molecule has 0 bridgehead atoms. The van der Waals surface area contributed by atoms with Crippen molar-refractivity contribution >= 4 is 35.6 Å². The van der Waals surface area contributed by atoms with Crippen molar-refractivity contribution in [2.24, 2.45) is 0 Å². The monoisotopic (exact) mass is 1910 g/mol. The van der Waals surface area contributed by atoms with Crippen molar-refractivity contribution < 1.29 is 193 Å². The highest BCUT2D eigenvalue weighted by molar-refractivity contribution is 5.78. The van der Waals surface area contributed by atoms with E-state index in [1.54, 1.807) is 6.08 Å². The fourth-order valence-corrected chi connectivity index (χ4v) is 17.8. The summed E-state index contributed by atoms with van der Waals surface area (Å²) >= 11 is 0. The molecule has 6 rings (SSSR count). The molecule has 34 atom stereocenters. The Balaban J connectivity index is 1.26. The van der Waals surface area contributed by atoms with E-state index in [0.29, 0.717) is 12.8 Å². The number of allylic oxidation sites excluding steroid dienone is 1. The third-order valence-corrected chi connectivity index (χ3v) is 25.3. The maximum atomic E-state index is 14.1. The predicted octanol–water partition coefficient (Wildman–Crippen LogP) is -1.92. The van der Waals surface area contributed by atoms with Gasteiger partial charge < -0.3 is 185 Å². The molecule has 0 aromatic carbocycles. The van der Waals surface area contributed by atoms with Crippen LogP contribution in [0.3, 0.4) is 0 Å². The zero-order valence-electron chi connectivity index (χ0n) is 77.1. The number of unbranched alkanes of at least 4 members (excludes halogenated alkanes) is 30. The molecule has 0 saturated carbocycles. The molecule has 0 radical (unpaired) electrons. The van der Waals surface area contributed by atoms with Crippen LogP contribution in [0.15, 0.2) is 12.2 Å². The van der Waals surface area contributed by atoms with Gasteiger partial charge in [0.1, 0.15) is 134 Å². The summed E-state index contributed by atoms with van der Waals surface area (Å²) in [6.07, 6.45) is -25.4. The Morgan fingerprint density at radius 1 is 0.394 bits per heavy atom. The zero-order chi connectivity index (χ0) is 97.4. The summed E-state index contributed by atoms with van der Waals surface area (Å²) in [5.41, 5.74) is 0. The van der Waals surface area contributed by atoms with E-state index in [4.69, 9.17) is 56.8 Å². The molecule has 6 aliphatic heterocycles. The van der Waals surface area contributed by atoms with Crippen LogP contribution in [-0.4, -0.2) is 396 Å². The summed E-state index contributed by atoms with van der Waals surface area (Å²) in [6, 6.07) is -6.95. The number of aliphatic hydroxyl groups excluding tert-OH is 19. The number of carboxylic acid groups (broad SMARTS) is 2. The fourth-order valence-electron chi connectivity index (χ4n) is 17.8. The number of rotatable bonds is 64. The van der Waals surface area contributed by atoms with Gasteiger partial charge in [0.15, 0.2) is 25.2 Å². The smallest absolute Gasteiger partial charge is 0.364 e. The number of carboxylic acids is 2. The first-order valence-electron chi connectivity index (χ1n) is 47.7. The topological polar surface area (TPSA) is 686 Å². The maximum Gasteiger partial charge on any atom is 0.364 e. The lowest BCUT2D eigenvalue weighted by atomic mass is 9.88. The molecule has 0 unspecified atom stereocenters. The number of carbonyl (C=O) groups excluding carboxylic acids is 4. The molecule has 4 amide bonds. The normalized spacial score (nSPS) is 34.2. The lowest BCUT2D eigenvalue weighted by Gasteiger charge is -2.53. The summed E-state index contributed by atoms with van der Waals surface area (Å²) in [7, 11) is 0. The Bertz CT molecular complexity index is 3290. The van der Waals surface area contributed by atoms with Crippen LogP contribution in [0.25, 0.3) is 0 Å². The van der Waals surface area contributed by atoms with Gasteiger partial charge in [-0.2, -0.15) is 0 Å². The van der Waals surface area contributed by atoms with Crippen molar-refractivity contribution in [3.05, 3.63) is 12.2 Å². The summed E-state index contributed by atoms with van der Waals surface area (Å²) in [6.45, 7) is -0.802. The van der Waals surface area contributed by atoms with Crippen LogP contribution < -0.4 is 21.3 Å². The summed E-state index contributed by atoms with van der Waals surface area (Å²) in [4.78, 5) is 79.7. The largest absolute Gasteiger partial charge is 0.477 e. The minimum atomic E-state index is -3.50. The van der Waals surface area contributed by atoms with E-state index < -0.39 is 302 Å². The van der Waals surface area contributed by atoms with Crippen molar-refractivity contribution in [2.45, 2.75) is 467 Å². The first-order valence-corrected chi connectivity index (χ1v) is 47.7. The molecule has 6 fully saturated rings. The number of hydrogen-bond donors (Lipinski definition) is 25. The number of aliphatic hydroxyl groups is 19. The minimum absolute atomic E-state index is 0.0959. The molecule has 768 valence electrons. The molecule has 43 heteroatoms. The van der Waals surface area contributed by atoms with Crippen LogP contribution in [0.2, 0.25) is 0 Å². The highest BCUT2D eigenvalue weighted by Crippen LogP contribution is 2.43. The Kier molecular flexibility index (Phi) is 53.0. The molecular formula is C89H158N4O39.